The van der Waals surface area contributed by atoms with Crippen molar-refractivity contribution >= 4 is 38.9 Å². The van der Waals surface area contributed by atoms with Crippen LogP contribution in [0.5, 0.6) is 11.5 Å². The SMILES string of the molecule is CCOc1ccc(NC(=O)COc2ccc(S(=O)(=O)Nc3cccc(C(F)(F)F)c3)cc2Cl)cc1. The summed E-state index contributed by atoms with van der Waals surface area (Å²) in [4.78, 5) is 11.8. The molecule has 0 unspecified atom stereocenters. The maximum absolute atomic E-state index is 12.9. The van der Waals surface area contributed by atoms with E-state index in [1.807, 2.05) is 6.92 Å². The van der Waals surface area contributed by atoms with E-state index in [1.54, 1.807) is 24.3 Å². The maximum atomic E-state index is 12.9. The minimum atomic E-state index is -4.62. The molecule has 1 amide bonds. The number of alkyl halides is 3. The number of amides is 1. The molecule has 0 fully saturated rings. The summed E-state index contributed by atoms with van der Waals surface area (Å²) in [6.45, 7) is 1.97. The van der Waals surface area contributed by atoms with E-state index in [4.69, 9.17) is 21.1 Å². The van der Waals surface area contributed by atoms with Crippen molar-refractivity contribution in [3.05, 3.63) is 77.3 Å². The minimum absolute atomic E-state index is 0.0477. The van der Waals surface area contributed by atoms with Crippen LogP contribution in [0.4, 0.5) is 24.5 Å². The number of sulfonamides is 1. The zero-order valence-electron chi connectivity index (χ0n) is 18.2. The molecule has 0 bridgehead atoms. The summed E-state index contributed by atoms with van der Waals surface area (Å²) in [7, 11) is -4.24. The van der Waals surface area contributed by atoms with Crippen molar-refractivity contribution in [3.8, 4) is 11.5 Å². The number of benzene rings is 3. The molecule has 7 nitrogen and oxygen atoms in total. The summed E-state index contributed by atoms with van der Waals surface area (Å²) in [5, 5.41) is 2.52. The lowest BCUT2D eigenvalue weighted by atomic mass is 10.2. The van der Waals surface area contributed by atoms with Crippen molar-refractivity contribution in [1.82, 2.24) is 0 Å². The highest BCUT2D eigenvalue weighted by Crippen LogP contribution is 2.32. The Morgan fingerprint density at radius 3 is 2.31 bits per heavy atom. The van der Waals surface area contributed by atoms with Gasteiger partial charge in [0.25, 0.3) is 15.9 Å². The Morgan fingerprint density at radius 2 is 1.69 bits per heavy atom. The van der Waals surface area contributed by atoms with Crippen LogP contribution in [0.25, 0.3) is 0 Å². The molecule has 0 saturated heterocycles. The summed E-state index contributed by atoms with van der Waals surface area (Å²) in [6, 6.07) is 14.0. The summed E-state index contributed by atoms with van der Waals surface area (Å²) in [5.74, 6) is 0.228. The molecule has 186 valence electrons. The molecule has 0 heterocycles. The van der Waals surface area contributed by atoms with Crippen LogP contribution in [0.15, 0.2) is 71.6 Å². The molecule has 0 saturated carbocycles. The molecular weight excluding hydrogens is 509 g/mol. The number of anilines is 2. The van der Waals surface area contributed by atoms with Crippen molar-refractivity contribution in [3.63, 3.8) is 0 Å². The molecule has 2 N–H and O–H groups in total. The van der Waals surface area contributed by atoms with Gasteiger partial charge in [-0.1, -0.05) is 17.7 Å². The first kappa shape index (κ1) is 26.2. The van der Waals surface area contributed by atoms with E-state index in [-0.39, 0.29) is 21.4 Å². The van der Waals surface area contributed by atoms with E-state index >= 15 is 0 Å². The highest BCUT2D eigenvalue weighted by atomic mass is 35.5. The average molecular weight is 529 g/mol. The maximum Gasteiger partial charge on any atom is 0.416 e. The van der Waals surface area contributed by atoms with Gasteiger partial charge in [-0.3, -0.25) is 9.52 Å². The number of hydrogen-bond acceptors (Lipinski definition) is 5. The van der Waals surface area contributed by atoms with Gasteiger partial charge in [0.15, 0.2) is 6.61 Å². The number of halogens is 4. The fourth-order valence-electron chi connectivity index (χ4n) is 2.88. The standard InChI is InChI=1S/C23H20ClF3N2O5S/c1-2-33-18-8-6-16(7-9-18)28-22(30)14-34-21-11-10-19(13-20(21)24)35(31,32)29-17-5-3-4-15(12-17)23(25,26)27/h3-13,29H,2,14H2,1H3,(H,28,30). The highest BCUT2D eigenvalue weighted by molar-refractivity contribution is 7.92. The Morgan fingerprint density at radius 1 is 0.971 bits per heavy atom. The van der Waals surface area contributed by atoms with Gasteiger partial charge in [-0.2, -0.15) is 13.2 Å². The molecular formula is C23H20ClF3N2O5S. The van der Waals surface area contributed by atoms with Gasteiger partial charge in [0.2, 0.25) is 0 Å². The molecule has 12 heteroatoms. The summed E-state index contributed by atoms with van der Waals surface area (Å²) >= 11 is 6.10. The quantitative estimate of drug-likeness (QED) is 0.378. The fourth-order valence-corrected chi connectivity index (χ4v) is 4.26. The third kappa shape index (κ3) is 7.27. The predicted octanol–water partition coefficient (Wildman–Crippen LogP) is 5.58. The molecule has 0 aliphatic carbocycles. The zero-order chi connectivity index (χ0) is 25.6. The number of ether oxygens (including phenoxy) is 2. The Hall–Kier alpha value is -3.44. The Balaban J connectivity index is 1.63. The topological polar surface area (TPSA) is 93.7 Å². The van der Waals surface area contributed by atoms with Crippen molar-refractivity contribution in [2.75, 3.05) is 23.3 Å². The molecule has 0 aliphatic rings. The molecule has 3 aromatic rings. The van der Waals surface area contributed by atoms with E-state index in [0.29, 0.717) is 24.1 Å². The van der Waals surface area contributed by atoms with Crippen LogP contribution < -0.4 is 19.5 Å². The molecule has 0 spiro atoms. The number of rotatable bonds is 9. The second-order valence-electron chi connectivity index (χ2n) is 7.07. The highest BCUT2D eigenvalue weighted by Gasteiger charge is 2.30. The minimum Gasteiger partial charge on any atom is -0.494 e. The first-order chi connectivity index (χ1) is 16.5. The van der Waals surface area contributed by atoms with Gasteiger partial charge in [-0.05, 0) is 67.6 Å². The largest absolute Gasteiger partial charge is 0.494 e. The molecule has 0 aromatic heterocycles. The van der Waals surface area contributed by atoms with Crippen LogP contribution in [0.2, 0.25) is 5.02 Å². The lowest BCUT2D eigenvalue weighted by Crippen LogP contribution is -2.20. The van der Waals surface area contributed by atoms with Crippen LogP contribution >= 0.6 is 11.6 Å². The van der Waals surface area contributed by atoms with E-state index in [0.717, 1.165) is 24.3 Å². The first-order valence-electron chi connectivity index (χ1n) is 10.1. The monoisotopic (exact) mass is 528 g/mol. The van der Waals surface area contributed by atoms with Gasteiger partial charge in [0, 0.05) is 11.4 Å². The van der Waals surface area contributed by atoms with E-state index in [2.05, 4.69) is 10.0 Å². The van der Waals surface area contributed by atoms with Gasteiger partial charge < -0.3 is 14.8 Å². The van der Waals surface area contributed by atoms with Gasteiger partial charge in [-0.15, -0.1) is 0 Å². The second-order valence-corrected chi connectivity index (χ2v) is 9.16. The number of carbonyl (C=O) groups is 1. The molecule has 35 heavy (non-hydrogen) atoms. The number of nitrogens with one attached hydrogen (secondary N) is 2. The Kier molecular flexibility index (Phi) is 8.13. The zero-order valence-corrected chi connectivity index (χ0v) is 19.8. The van der Waals surface area contributed by atoms with Crippen molar-refractivity contribution in [2.24, 2.45) is 0 Å². The van der Waals surface area contributed by atoms with Gasteiger partial charge in [0.1, 0.15) is 11.5 Å². The summed E-state index contributed by atoms with van der Waals surface area (Å²) in [5.41, 5.74) is -0.736. The van der Waals surface area contributed by atoms with Gasteiger partial charge in [-0.25, -0.2) is 8.42 Å². The molecule has 0 aliphatic heterocycles. The first-order valence-corrected chi connectivity index (χ1v) is 12.0. The van der Waals surface area contributed by atoms with Crippen LogP contribution in [0.1, 0.15) is 12.5 Å². The van der Waals surface area contributed by atoms with Crippen LogP contribution in [-0.2, 0) is 21.0 Å². The second kappa shape index (κ2) is 10.9. The van der Waals surface area contributed by atoms with E-state index in [1.165, 1.54) is 12.1 Å². The Labute approximate surface area is 204 Å². The van der Waals surface area contributed by atoms with E-state index in [9.17, 15) is 26.4 Å². The molecule has 3 rings (SSSR count). The molecule has 0 atom stereocenters. The molecule has 0 radical (unpaired) electrons. The van der Waals surface area contributed by atoms with Crippen molar-refractivity contribution in [1.29, 1.82) is 0 Å². The summed E-state index contributed by atoms with van der Waals surface area (Å²) < 4.78 is 76.6. The number of carbonyl (C=O) groups excluding carboxylic acids is 1. The lowest BCUT2D eigenvalue weighted by Gasteiger charge is -2.13. The van der Waals surface area contributed by atoms with Crippen LogP contribution in [-0.4, -0.2) is 27.5 Å². The Bertz CT molecular complexity index is 1300. The number of hydrogen-bond donors (Lipinski definition) is 2. The van der Waals surface area contributed by atoms with Gasteiger partial charge in [0.05, 0.1) is 22.1 Å². The third-order valence-corrected chi connectivity index (χ3v) is 6.14. The van der Waals surface area contributed by atoms with Crippen LogP contribution in [0, 0.1) is 0 Å². The summed E-state index contributed by atoms with van der Waals surface area (Å²) in [6.07, 6.45) is -4.62. The normalized spacial score (nSPS) is 11.6. The van der Waals surface area contributed by atoms with Crippen molar-refractivity contribution in [2.45, 2.75) is 18.0 Å². The smallest absolute Gasteiger partial charge is 0.416 e. The molecule has 3 aromatic carbocycles. The van der Waals surface area contributed by atoms with Crippen LogP contribution in [0.3, 0.4) is 0 Å². The predicted molar refractivity (Wildman–Crippen MR) is 125 cm³/mol. The average Bonchev–Trinajstić information content (AvgIpc) is 2.79. The third-order valence-electron chi connectivity index (χ3n) is 4.46. The fraction of sp³-hybridized carbons (Fsp3) is 0.174. The van der Waals surface area contributed by atoms with Crippen molar-refractivity contribution < 1.29 is 35.9 Å². The lowest BCUT2D eigenvalue weighted by molar-refractivity contribution is -0.137. The van der Waals surface area contributed by atoms with Gasteiger partial charge >= 0.3 is 6.18 Å². The van der Waals surface area contributed by atoms with E-state index < -0.39 is 34.3 Å².